The molecule has 3 aromatic rings. The summed E-state index contributed by atoms with van der Waals surface area (Å²) in [6.07, 6.45) is 1.77. The summed E-state index contributed by atoms with van der Waals surface area (Å²) in [5, 5.41) is 0. The molecule has 0 saturated heterocycles. The van der Waals surface area contributed by atoms with Crippen LogP contribution in [0.1, 0.15) is 0 Å². The normalized spacial score (nSPS) is 10.8. The van der Waals surface area contributed by atoms with E-state index in [0.717, 1.165) is 28.2 Å². The molecule has 2 aromatic heterocycles. The second-order valence-corrected chi connectivity index (χ2v) is 4.06. The predicted molar refractivity (Wildman–Crippen MR) is 71.8 cm³/mol. The first kappa shape index (κ1) is 10.7. The van der Waals surface area contributed by atoms with Crippen LogP contribution in [0.2, 0.25) is 0 Å². The Morgan fingerprint density at radius 2 is 2.11 bits per heavy atom. The van der Waals surface area contributed by atoms with Crippen LogP contribution in [0.25, 0.3) is 22.6 Å². The van der Waals surface area contributed by atoms with E-state index in [9.17, 15) is 0 Å². The summed E-state index contributed by atoms with van der Waals surface area (Å²) in [4.78, 5) is 8.91. The number of hydrogen-bond donors (Lipinski definition) is 2. The fourth-order valence-corrected chi connectivity index (χ4v) is 2.00. The van der Waals surface area contributed by atoms with Crippen LogP contribution in [0, 0.1) is 0 Å². The maximum absolute atomic E-state index is 5.42. The van der Waals surface area contributed by atoms with E-state index in [2.05, 4.69) is 15.4 Å². The summed E-state index contributed by atoms with van der Waals surface area (Å²) in [5.41, 5.74) is 6.31. The topological polar surface area (TPSA) is 68.8 Å². The standard InChI is InChI=1S/C13H13N5/c1-18-12-8-9(17-14)5-6-10(12)16-13(18)11-4-2-3-7-15-11/h2-8,17H,14H2,1H3. The largest absolute Gasteiger partial charge is 0.326 e. The number of hydrogen-bond acceptors (Lipinski definition) is 4. The molecule has 0 unspecified atom stereocenters. The first-order chi connectivity index (χ1) is 8.79. The molecule has 3 N–H and O–H groups in total. The molecule has 0 bridgehead atoms. The molecule has 0 atom stereocenters. The molecule has 2 heterocycles. The number of hydrazine groups is 1. The quantitative estimate of drug-likeness (QED) is 0.529. The Morgan fingerprint density at radius 1 is 1.22 bits per heavy atom. The van der Waals surface area contributed by atoms with E-state index in [1.165, 1.54) is 0 Å². The SMILES string of the molecule is Cn1c(-c2ccccn2)nc2ccc(NN)cc21. The first-order valence-corrected chi connectivity index (χ1v) is 5.64. The molecule has 0 saturated carbocycles. The van der Waals surface area contributed by atoms with Crippen molar-refractivity contribution in [3.8, 4) is 11.5 Å². The van der Waals surface area contributed by atoms with E-state index in [1.54, 1.807) is 6.20 Å². The molecule has 0 aliphatic carbocycles. The lowest BCUT2D eigenvalue weighted by molar-refractivity contribution is 0.950. The summed E-state index contributed by atoms with van der Waals surface area (Å²) < 4.78 is 2.01. The van der Waals surface area contributed by atoms with Gasteiger partial charge < -0.3 is 9.99 Å². The summed E-state index contributed by atoms with van der Waals surface area (Å²) in [6.45, 7) is 0. The number of aromatic nitrogens is 3. The van der Waals surface area contributed by atoms with Gasteiger partial charge in [-0.15, -0.1) is 0 Å². The Hall–Kier alpha value is -2.40. The van der Waals surface area contributed by atoms with Crippen molar-refractivity contribution < 1.29 is 0 Å². The van der Waals surface area contributed by atoms with Gasteiger partial charge in [0.25, 0.3) is 0 Å². The Balaban J connectivity index is 2.23. The molecule has 0 spiro atoms. The van der Waals surface area contributed by atoms with Crippen LogP contribution in [-0.2, 0) is 7.05 Å². The van der Waals surface area contributed by atoms with Gasteiger partial charge >= 0.3 is 0 Å². The zero-order valence-electron chi connectivity index (χ0n) is 9.96. The smallest absolute Gasteiger partial charge is 0.159 e. The van der Waals surface area contributed by atoms with Crippen molar-refractivity contribution in [3.63, 3.8) is 0 Å². The minimum absolute atomic E-state index is 0.847. The van der Waals surface area contributed by atoms with Crippen LogP contribution in [-0.4, -0.2) is 14.5 Å². The first-order valence-electron chi connectivity index (χ1n) is 5.64. The highest BCUT2D eigenvalue weighted by Gasteiger charge is 2.10. The molecule has 5 heteroatoms. The Labute approximate surface area is 104 Å². The molecule has 0 aliphatic rings. The number of nitrogens with two attached hydrogens (primary N) is 1. The van der Waals surface area contributed by atoms with E-state index in [4.69, 9.17) is 5.84 Å². The van der Waals surface area contributed by atoms with Crippen molar-refractivity contribution in [2.45, 2.75) is 0 Å². The number of aryl methyl sites for hydroxylation is 1. The highest BCUT2D eigenvalue weighted by atomic mass is 15.2. The average molecular weight is 239 g/mol. The van der Waals surface area contributed by atoms with Crippen LogP contribution < -0.4 is 11.3 Å². The van der Waals surface area contributed by atoms with Gasteiger partial charge in [0.1, 0.15) is 5.69 Å². The number of nitrogens with one attached hydrogen (secondary N) is 1. The van der Waals surface area contributed by atoms with Gasteiger partial charge in [0.2, 0.25) is 0 Å². The zero-order valence-corrected chi connectivity index (χ0v) is 9.96. The van der Waals surface area contributed by atoms with Crippen LogP contribution >= 0.6 is 0 Å². The van der Waals surface area contributed by atoms with Crippen molar-refractivity contribution in [2.24, 2.45) is 12.9 Å². The van der Waals surface area contributed by atoms with Gasteiger partial charge in [-0.05, 0) is 30.3 Å². The molecule has 90 valence electrons. The van der Waals surface area contributed by atoms with Gasteiger partial charge in [-0.2, -0.15) is 0 Å². The summed E-state index contributed by atoms with van der Waals surface area (Å²) >= 11 is 0. The highest BCUT2D eigenvalue weighted by molar-refractivity contribution is 5.83. The second kappa shape index (κ2) is 4.12. The van der Waals surface area contributed by atoms with E-state index in [1.807, 2.05) is 48.0 Å². The number of rotatable bonds is 2. The highest BCUT2D eigenvalue weighted by Crippen LogP contribution is 2.24. The average Bonchev–Trinajstić information content (AvgIpc) is 2.77. The Morgan fingerprint density at radius 3 is 2.83 bits per heavy atom. The lowest BCUT2D eigenvalue weighted by Crippen LogP contribution is -2.06. The maximum Gasteiger partial charge on any atom is 0.159 e. The third-order valence-corrected chi connectivity index (χ3v) is 2.94. The molecule has 3 rings (SSSR count). The molecule has 5 nitrogen and oxygen atoms in total. The molecular weight excluding hydrogens is 226 g/mol. The summed E-state index contributed by atoms with van der Waals surface area (Å²) in [5.74, 6) is 6.26. The van der Waals surface area contributed by atoms with Crippen molar-refractivity contribution in [1.82, 2.24) is 14.5 Å². The van der Waals surface area contributed by atoms with Crippen LogP contribution in [0.4, 0.5) is 5.69 Å². The maximum atomic E-state index is 5.42. The van der Waals surface area contributed by atoms with Crippen molar-refractivity contribution in [1.29, 1.82) is 0 Å². The van der Waals surface area contributed by atoms with E-state index >= 15 is 0 Å². The number of imidazole rings is 1. The summed E-state index contributed by atoms with van der Waals surface area (Å²) in [7, 11) is 1.97. The van der Waals surface area contributed by atoms with Gasteiger partial charge in [-0.25, -0.2) is 4.98 Å². The molecular formula is C13H13N5. The molecule has 0 amide bonds. The van der Waals surface area contributed by atoms with E-state index in [-0.39, 0.29) is 0 Å². The fourth-order valence-electron chi connectivity index (χ4n) is 2.00. The minimum atomic E-state index is 0.847. The van der Waals surface area contributed by atoms with Crippen LogP contribution in [0.5, 0.6) is 0 Å². The van der Waals surface area contributed by atoms with Gasteiger partial charge in [0.15, 0.2) is 5.82 Å². The van der Waals surface area contributed by atoms with E-state index in [0.29, 0.717) is 0 Å². The fraction of sp³-hybridized carbons (Fsp3) is 0.0769. The van der Waals surface area contributed by atoms with Crippen LogP contribution in [0.3, 0.4) is 0 Å². The third kappa shape index (κ3) is 1.61. The number of nitrogen functional groups attached to an aromatic ring is 1. The van der Waals surface area contributed by atoms with Gasteiger partial charge in [-0.1, -0.05) is 6.07 Å². The summed E-state index contributed by atoms with van der Waals surface area (Å²) in [6, 6.07) is 11.6. The molecule has 1 aromatic carbocycles. The number of nitrogens with zero attached hydrogens (tertiary/aromatic N) is 3. The number of benzene rings is 1. The third-order valence-electron chi connectivity index (χ3n) is 2.94. The van der Waals surface area contributed by atoms with Crippen LogP contribution in [0.15, 0.2) is 42.6 Å². The Kier molecular flexibility index (Phi) is 2.46. The number of anilines is 1. The number of fused-ring (bicyclic) bond motifs is 1. The zero-order chi connectivity index (χ0) is 12.5. The lowest BCUT2D eigenvalue weighted by Gasteiger charge is -2.02. The second-order valence-electron chi connectivity index (χ2n) is 4.06. The monoisotopic (exact) mass is 239 g/mol. The molecule has 0 radical (unpaired) electrons. The van der Waals surface area contributed by atoms with Crippen molar-refractivity contribution in [3.05, 3.63) is 42.6 Å². The number of pyridine rings is 1. The lowest BCUT2D eigenvalue weighted by atomic mass is 10.3. The van der Waals surface area contributed by atoms with Crippen molar-refractivity contribution in [2.75, 3.05) is 5.43 Å². The Bertz CT molecular complexity index is 687. The molecule has 0 aliphatic heterocycles. The minimum Gasteiger partial charge on any atom is -0.326 e. The van der Waals surface area contributed by atoms with Gasteiger partial charge in [0.05, 0.1) is 16.7 Å². The van der Waals surface area contributed by atoms with Gasteiger partial charge in [-0.3, -0.25) is 10.8 Å². The van der Waals surface area contributed by atoms with E-state index < -0.39 is 0 Å². The van der Waals surface area contributed by atoms with Crippen molar-refractivity contribution >= 4 is 16.7 Å². The molecule has 18 heavy (non-hydrogen) atoms. The molecule has 0 fully saturated rings. The van der Waals surface area contributed by atoms with Gasteiger partial charge in [0, 0.05) is 13.2 Å². The predicted octanol–water partition coefficient (Wildman–Crippen LogP) is 1.92.